The van der Waals surface area contributed by atoms with Crippen molar-refractivity contribution in [2.45, 2.75) is 32.6 Å². The van der Waals surface area contributed by atoms with E-state index in [0.29, 0.717) is 28.1 Å². The quantitative estimate of drug-likeness (QED) is 0.464. The van der Waals surface area contributed by atoms with Gasteiger partial charge in [-0.25, -0.2) is 4.98 Å². The van der Waals surface area contributed by atoms with Crippen LogP contribution < -0.4 is 10.2 Å². The standard InChI is InChI=1S/C21H22N4O5S2/c1-13-9-18(24-30-13)23-20(28)14(2)31-12-19(27)29-10-16-11-32-21(22-16)25(15(3)26)17-7-5-4-6-8-17/h4-9,11,14H,10,12H2,1-3H3,(H,23,24,28). The highest BCUT2D eigenvalue weighted by molar-refractivity contribution is 8.01. The molecular weight excluding hydrogens is 452 g/mol. The smallest absolute Gasteiger partial charge is 0.316 e. The van der Waals surface area contributed by atoms with Crippen LogP contribution in [-0.4, -0.2) is 38.9 Å². The van der Waals surface area contributed by atoms with Crippen molar-refractivity contribution in [3.05, 3.63) is 53.2 Å². The molecule has 3 aromatic rings. The second-order valence-electron chi connectivity index (χ2n) is 6.74. The summed E-state index contributed by atoms with van der Waals surface area (Å²) in [5, 5.41) is 8.08. The normalized spacial score (nSPS) is 11.6. The molecule has 0 saturated carbocycles. The van der Waals surface area contributed by atoms with E-state index in [9.17, 15) is 14.4 Å². The number of hydrogen-bond acceptors (Lipinski definition) is 9. The molecule has 0 bridgehead atoms. The van der Waals surface area contributed by atoms with Crippen molar-refractivity contribution < 1.29 is 23.6 Å². The van der Waals surface area contributed by atoms with Crippen LogP contribution in [0.3, 0.4) is 0 Å². The molecule has 0 saturated heterocycles. The summed E-state index contributed by atoms with van der Waals surface area (Å²) >= 11 is 2.44. The molecule has 1 unspecified atom stereocenters. The van der Waals surface area contributed by atoms with Gasteiger partial charge in [-0.2, -0.15) is 0 Å². The van der Waals surface area contributed by atoms with Crippen LogP contribution in [0.1, 0.15) is 25.3 Å². The van der Waals surface area contributed by atoms with E-state index in [1.54, 1.807) is 25.3 Å². The number of hydrogen-bond donors (Lipinski definition) is 1. The maximum atomic E-state index is 12.1. The van der Waals surface area contributed by atoms with Crippen LogP contribution in [0.25, 0.3) is 0 Å². The van der Waals surface area contributed by atoms with E-state index in [1.807, 2.05) is 30.3 Å². The van der Waals surface area contributed by atoms with Gasteiger partial charge in [-0.15, -0.1) is 23.1 Å². The summed E-state index contributed by atoms with van der Waals surface area (Å²) in [6.45, 7) is 4.86. The molecule has 0 radical (unpaired) electrons. The fourth-order valence-corrected chi connectivity index (χ4v) is 4.14. The topological polar surface area (TPSA) is 115 Å². The SMILES string of the molecule is CC(=O)N(c1ccccc1)c1nc(COC(=O)CSC(C)C(=O)Nc2cc(C)on2)cs1. The lowest BCUT2D eigenvalue weighted by molar-refractivity contribution is -0.141. The third-order valence-corrected chi connectivity index (χ3v) is 6.13. The third kappa shape index (κ3) is 6.41. The Labute approximate surface area is 193 Å². The van der Waals surface area contributed by atoms with Crippen LogP contribution >= 0.6 is 23.1 Å². The van der Waals surface area contributed by atoms with Crippen LogP contribution in [0.15, 0.2) is 46.3 Å². The summed E-state index contributed by atoms with van der Waals surface area (Å²) in [5.41, 5.74) is 1.25. The third-order valence-electron chi connectivity index (χ3n) is 4.14. The molecule has 1 aromatic carbocycles. The van der Waals surface area contributed by atoms with Gasteiger partial charge in [-0.1, -0.05) is 23.4 Å². The highest BCUT2D eigenvalue weighted by Crippen LogP contribution is 2.29. The number of amides is 2. The van der Waals surface area contributed by atoms with Gasteiger partial charge in [0, 0.05) is 18.4 Å². The molecule has 9 nitrogen and oxygen atoms in total. The highest BCUT2D eigenvalue weighted by Gasteiger charge is 2.19. The Hall–Kier alpha value is -3.18. The summed E-state index contributed by atoms with van der Waals surface area (Å²) in [4.78, 5) is 42.2. The fraction of sp³-hybridized carbons (Fsp3) is 0.286. The lowest BCUT2D eigenvalue weighted by atomic mass is 10.3. The van der Waals surface area contributed by atoms with Gasteiger partial charge < -0.3 is 14.6 Å². The Morgan fingerprint density at radius 1 is 1.28 bits per heavy atom. The molecule has 2 amide bonds. The van der Waals surface area contributed by atoms with E-state index in [-0.39, 0.29) is 24.2 Å². The zero-order valence-corrected chi connectivity index (χ0v) is 19.4. The number of aryl methyl sites for hydroxylation is 1. The first-order valence-electron chi connectivity index (χ1n) is 9.65. The summed E-state index contributed by atoms with van der Waals surface area (Å²) in [7, 11) is 0. The Kier molecular flexibility index (Phi) is 8.01. The summed E-state index contributed by atoms with van der Waals surface area (Å²) in [6.07, 6.45) is 0. The number of nitrogens with zero attached hydrogens (tertiary/aromatic N) is 3. The molecular formula is C21H22N4O5S2. The number of para-hydroxylation sites is 1. The lowest BCUT2D eigenvalue weighted by Gasteiger charge is -2.17. The van der Waals surface area contributed by atoms with Gasteiger partial charge in [-0.3, -0.25) is 19.3 Å². The molecule has 11 heteroatoms. The first-order chi connectivity index (χ1) is 15.3. The Morgan fingerprint density at radius 2 is 2.03 bits per heavy atom. The first-order valence-corrected chi connectivity index (χ1v) is 11.6. The minimum Gasteiger partial charge on any atom is -0.459 e. The largest absolute Gasteiger partial charge is 0.459 e. The zero-order valence-electron chi connectivity index (χ0n) is 17.7. The molecule has 1 N–H and O–H groups in total. The number of thioether (sulfide) groups is 1. The average Bonchev–Trinajstić information content (AvgIpc) is 3.40. The second-order valence-corrected chi connectivity index (χ2v) is 8.90. The molecule has 2 heterocycles. The second kappa shape index (κ2) is 10.9. The minimum atomic E-state index is -0.486. The van der Waals surface area contributed by atoms with Crippen molar-refractivity contribution >= 4 is 57.5 Å². The molecule has 0 aliphatic heterocycles. The van der Waals surface area contributed by atoms with Crippen LogP contribution in [0.5, 0.6) is 0 Å². The van der Waals surface area contributed by atoms with Gasteiger partial charge in [0.2, 0.25) is 11.8 Å². The van der Waals surface area contributed by atoms with Gasteiger partial charge in [0.1, 0.15) is 12.4 Å². The highest BCUT2D eigenvalue weighted by atomic mass is 32.2. The van der Waals surface area contributed by atoms with Gasteiger partial charge in [0.15, 0.2) is 10.9 Å². The number of ether oxygens (including phenoxy) is 1. The van der Waals surface area contributed by atoms with Crippen molar-refractivity contribution in [1.82, 2.24) is 10.1 Å². The van der Waals surface area contributed by atoms with Crippen molar-refractivity contribution in [2.75, 3.05) is 16.0 Å². The van der Waals surface area contributed by atoms with Crippen LogP contribution in [0, 0.1) is 6.92 Å². The maximum Gasteiger partial charge on any atom is 0.316 e. The van der Waals surface area contributed by atoms with Gasteiger partial charge in [0.25, 0.3) is 0 Å². The molecule has 32 heavy (non-hydrogen) atoms. The Balaban J connectivity index is 1.47. The van der Waals surface area contributed by atoms with E-state index >= 15 is 0 Å². The van der Waals surface area contributed by atoms with Crippen LogP contribution in [0.2, 0.25) is 0 Å². The van der Waals surface area contributed by atoms with E-state index in [0.717, 1.165) is 11.8 Å². The molecule has 2 aromatic heterocycles. The minimum absolute atomic E-state index is 0.00695. The number of benzene rings is 1. The monoisotopic (exact) mass is 474 g/mol. The molecule has 0 aliphatic carbocycles. The Morgan fingerprint density at radius 3 is 2.69 bits per heavy atom. The van der Waals surface area contributed by atoms with E-state index < -0.39 is 11.2 Å². The van der Waals surface area contributed by atoms with Crippen LogP contribution in [0.4, 0.5) is 16.6 Å². The van der Waals surface area contributed by atoms with E-state index in [1.165, 1.54) is 23.2 Å². The summed E-state index contributed by atoms with van der Waals surface area (Å²) in [6, 6.07) is 10.8. The number of carbonyl (C=O) groups is 3. The average molecular weight is 475 g/mol. The molecule has 3 rings (SSSR count). The van der Waals surface area contributed by atoms with Gasteiger partial charge in [-0.05, 0) is 26.0 Å². The zero-order chi connectivity index (χ0) is 23.1. The van der Waals surface area contributed by atoms with Crippen molar-refractivity contribution in [3.63, 3.8) is 0 Å². The summed E-state index contributed by atoms with van der Waals surface area (Å²) < 4.78 is 10.2. The van der Waals surface area contributed by atoms with Crippen molar-refractivity contribution in [3.8, 4) is 0 Å². The maximum absolute atomic E-state index is 12.1. The number of aromatic nitrogens is 2. The molecule has 1 atom stereocenters. The van der Waals surface area contributed by atoms with E-state index in [4.69, 9.17) is 9.26 Å². The lowest BCUT2D eigenvalue weighted by Crippen LogP contribution is -2.24. The number of anilines is 3. The first kappa shape index (κ1) is 23.5. The number of thiazole rings is 1. The van der Waals surface area contributed by atoms with Gasteiger partial charge in [0.05, 0.1) is 22.4 Å². The predicted molar refractivity (Wildman–Crippen MR) is 123 cm³/mol. The molecule has 0 fully saturated rings. The predicted octanol–water partition coefficient (Wildman–Crippen LogP) is 3.93. The van der Waals surface area contributed by atoms with Crippen molar-refractivity contribution in [2.24, 2.45) is 0 Å². The summed E-state index contributed by atoms with van der Waals surface area (Å²) in [5.74, 6) is 0.00559. The van der Waals surface area contributed by atoms with E-state index in [2.05, 4.69) is 15.5 Å². The molecule has 0 spiro atoms. The number of carbonyl (C=O) groups excluding carboxylic acids is 3. The Bertz CT molecular complexity index is 1080. The van der Waals surface area contributed by atoms with Gasteiger partial charge >= 0.3 is 5.97 Å². The number of esters is 1. The molecule has 0 aliphatic rings. The number of nitrogens with one attached hydrogen (secondary N) is 1. The van der Waals surface area contributed by atoms with Crippen molar-refractivity contribution in [1.29, 1.82) is 0 Å². The van der Waals surface area contributed by atoms with Crippen LogP contribution in [-0.2, 0) is 25.7 Å². The molecule has 168 valence electrons. The number of rotatable bonds is 9. The fourth-order valence-electron chi connectivity index (χ4n) is 2.59.